The van der Waals surface area contributed by atoms with Gasteiger partial charge in [-0.25, -0.2) is 4.79 Å². The normalized spacial score (nSPS) is 10.0. The first-order valence-corrected chi connectivity index (χ1v) is 7.21. The quantitative estimate of drug-likeness (QED) is 0.795. The smallest absolute Gasteiger partial charge is 0.337 e. The summed E-state index contributed by atoms with van der Waals surface area (Å²) in [5.74, 6) is -0.245. The molecule has 0 radical (unpaired) electrons. The van der Waals surface area contributed by atoms with Gasteiger partial charge in [0.05, 0.1) is 12.7 Å². The minimum Gasteiger partial charge on any atom is -0.465 e. The van der Waals surface area contributed by atoms with Crippen LogP contribution >= 0.6 is 0 Å². The molecule has 1 heterocycles. The molecular formula is C16H18N4O3. The predicted octanol–water partition coefficient (Wildman–Crippen LogP) is 2.34. The van der Waals surface area contributed by atoms with E-state index in [1.54, 1.807) is 30.3 Å². The summed E-state index contributed by atoms with van der Waals surface area (Å²) < 4.78 is 4.65. The van der Waals surface area contributed by atoms with E-state index in [2.05, 4.69) is 25.6 Å². The topological polar surface area (TPSA) is 93.2 Å². The number of hydrogen-bond donors (Lipinski definition) is 2. The molecule has 23 heavy (non-hydrogen) atoms. The van der Waals surface area contributed by atoms with Crippen LogP contribution in [-0.4, -0.2) is 35.7 Å². The van der Waals surface area contributed by atoms with E-state index in [4.69, 9.17) is 0 Å². The maximum Gasteiger partial charge on any atom is 0.337 e. The van der Waals surface area contributed by atoms with Crippen molar-refractivity contribution in [2.24, 2.45) is 0 Å². The highest BCUT2D eigenvalue weighted by molar-refractivity contribution is 6.03. The number of aromatic nitrogens is 2. The fourth-order valence-electron chi connectivity index (χ4n) is 1.84. The Morgan fingerprint density at radius 1 is 1.17 bits per heavy atom. The van der Waals surface area contributed by atoms with Gasteiger partial charge >= 0.3 is 5.97 Å². The summed E-state index contributed by atoms with van der Waals surface area (Å²) in [6, 6.07) is 9.76. The van der Waals surface area contributed by atoms with E-state index in [1.807, 2.05) is 6.92 Å². The second kappa shape index (κ2) is 7.88. The van der Waals surface area contributed by atoms with Crippen LogP contribution in [0.3, 0.4) is 0 Å². The van der Waals surface area contributed by atoms with Gasteiger partial charge in [0.2, 0.25) is 0 Å². The minimum atomic E-state index is -0.466. The zero-order valence-corrected chi connectivity index (χ0v) is 13.0. The molecule has 0 fully saturated rings. The lowest BCUT2D eigenvalue weighted by Gasteiger charge is -2.07. The number of benzene rings is 1. The molecule has 0 saturated carbocycles. The molecule has 0 bridgehead atoms. The fraction of sp³-hybridized carbons (Fsp3) is 0.250. The van der Waals surface area contributed by atoms with Crippen molar-refractivity contribution in [1.82, 2.24) is 10.2 Å². The summed E-state index contributed by atoms with van der Waals surface area (Å²) in [4.78, 5) is 23.6. The monoisotopic (exact) mass is 314 g/mol. The van der Waals surface area contributed by atoms with E-state index in [-0.39, 0.29) is 5.69 Å². The molecule has 1 aromatic heterocycles. The maximum atomic E-state index is 12.1. The number of amides is 1. The van der Waals surface area contributed by atoms with Gasteiger partial charge in [0.25, 0.3) is 5.91 Å². The summed E-state index contributed by atoms with van der Waals surface area (Å²) in [6.07, 6.45) is 0.973. The first kappa shape index (κ1) is 16.4. The molecule has 0 aliphatic rings. The Balaban J connectivity index is 2.05. The van der Waals surface area contributed by atoms with Gasteiger partial charge in [0, 0.05) is 12.2 Å². The van der Waals surface area contributed by atoms with Crippen molar-refractivity contribution in [2.75, 3.05) is 24.3 Å². The number of nitrogens with one attached hydrogen (secondary N) is 2. The van der Waals surface area contributed by atoms with Crippen LogP contribution in [0, 0.1) is 0 Å². The predicted molar refractivity (Wildman–Crippen MR) is 86.5 cm³/mol. The molecule has 120 valence electrons. The molecule has 0 aliphatic carbocycles. The van der Waals surface area contributed by atoms with Crippen LogP contribution in [0.4, 0.5) is 11.5 Å². The van der Waals surface area contributed by atoms with E-state index in [0.717, 1.165) is 13.0 Å². The van der Waals surface area contributed by atoms with Gasteiger partial charge < -0.3 is 15.4 Å². The van der Waals surface area contributed by atoms with E-state index >= 15 is 0 Å². The molecule has 0 atom stereocenters. The lowest BCUT2D eigenvalue weighted by molar-refractivity contribution is 0.0600. The maximum absolute atomic E-state index is 12.1. The highest BCUT2D eigenvalue weighted by atomic mass is 16.5. The third-order valence-corrected chi connectivity index (χ3v) is 2.99. The van der Waals surface area contributed by atoms with Crippen molar-refractivity contribution in [3.8, 4) is 0 Å². The van der Waals surface area contributed by atoms with E-state index in [0.29, 0.717) is 17.1 Å². The largest absolute Gasteiger partial charge is 0.465 e. The van der Waals surface area contributed by atoms with Crippen molar-refractivity contribution in [3.05, 3.63) is 47.7 Å². The van der Waals surface area contributed by atoms with Gasteiger partial charge in [-0.15, -0.1) is 10.2 Å². The Morgan fingerprint density at radius 3 is 2.65 bits per heavy atom. The van der Waals surface area contributed by atoms with Crippen molar-refractivity contribution in [1.29, 1.82) is 0 Å². The van der Waals surface area contributed by atoms with E-state index in [1.165, 1.54) is 13.2 Å². The molecule has 7 nitrogen and oxygen atoms in total. The molecule has 1 aromatic carbocycles. The van der Waals surface area contributed by atoms with Crippen LogP contribution in [0.15, 0.2) is 36.4 Å². The Hall–Kier alpha value is -2.96. The summed E-state index contributed by atoms with van der Waals surface area (Å²) in [6.45, 7) is 2.84. The average Bonchev–Trinajstić information content (AvgIpc) is 2.59. The van der Waals surface area contributed by atoms with Crippen molar-refractivity contribution in [2.45, 2.75) is 13.3 Å². The van der Waals surface area contributed by atoms with Crippen LogP contribution in [0.5, 0.6) is 0 Å². The first-order chi connectivity index (χ1) is 11.1. The van der Waals surface area contributed by atoms with E-state index < -0.39 is 11.9 Å². The Labute approximate surface area is 134 Å². The Kier molecular flexibility index (Phi) is 5.62. The van der Waals surface area contributed by atoms with Gasteiger partial charge in [-0.1, -0.05) is 13.0 Å². The van der Waals surface area contributed by atoms with Crippen molar-refractivity contribution < 1.29 is 14.3 Å². The molecule has 2 N–H and O–H groups in total. The summed E-state index contributed by atoms with van der Waals surface area (Å²) in [7, 11) is 1.30. The standard InChI is InChI=1S/C16H18N4O3/c1-3-9-17-14-8-7-13(19-20-14)15(21)18-12-6-4-5-11(10-12)16(22)23-2/h4-8,10H,3,9H2,1-2H3,(H,17,20)(H,18,21). The SMILES string of the molecule is CCCNc1ccc(C(=O)Nc2cccc(C(=O)OC)c2)nn1. The highest BCUT2D eigenvalue weighted by Crippen LogP contribution is 2.13. The number of esters is 1. The molecule has 2 rings (SSSR count). The molecule has 0 aliphatic heterocycles. The van der Waals surface area contributed by atoms with Crippen LogP contribution in [-0.2, 0) is 4.74 Å². The van der Waals surface area contributed by atoms with Gasteiger partial charge in [-0.05, 0) is 36.8 Å². The van der Waals surface area contributed by atoms with Crippen molar-refractivity contribution in [3.63, 3.8) is 0 Å². The van der Waals surface area contributed by atoms with E-state index in [9.17, 15) is 9.59 Å². The molecule has 0 spiro atoms. The minimum absolute atomic E-state index is 0.190. The van der Waals surface area contributed by atoms with Gasteiger partial charge in [0.15, 0.2) is 5.69 Å². The molecular weight excluding hydrogens is 296 g/mol. The van der Waals surface area contributed by atoms with Crippen LogP contribution in [0.2, 0.25) is 0 Å². The Bertz CT molecular complexity index is 686. The van der Waals surface area contributed by atoms with Crippen molar-refractivity contribution >= 4 is 23.4 Å². The van der Waals surface area contributed by atoms with Gasteiger partial charge in [-0.3, -0.25) is 4.79 Å². The van der Waals surface area contributed by atoms with Gasteiger partial charge in [0.1, 0.15) is 5.82 Å². The molecule has 0 unspecified atom stereocenters. The average molecular weight is 314 g/mol. The molecule has 2 aromatic rings. The van der Waals surface area contributed by atoms with Crippen LogP contribution in [0.1, 0.15) is 34.2 Å². The number of ether oxygens (including phenoxy) is 1. The molecule has 7 heteroatoms. The summed E-state index contributed by atoms with van der Waals surface area (Å²) in [5, 5.41) is 13.6. The lowest BCUT2D eigenvalue weighted by Crippen LogP contribution is -2.15. The first-order valence-electron chi connectivity index (χ1n) is 7.21. The number of rotatable bonds is 6. The van der Waals surface area contributed by atoms with Crippen LogP contribution in [0.25, 0.3) is 0 Å². The zero-order chi connectivity index (χ0) is 16.7. The third kappa shape index (κ3) is 4.50. The zero-order valence-electron chi connectivity index (χ0n) is 13.0. The number of nitrogens with zero attached hydrogens (tertiary/aromatic N) is 2. The number of hydrogen-bond acceptors (Lipinski definition) is 6. The number of carbonyl (C=O) groups excluding carboxylic acids is 2. The number of methoxy groups -OCH3 is 1. The number of anilines is 2. The number of carbonyl (C=O) groups is 2. The summed E-state index contributed by atoms with van der Waals surface area (Å²) in [5.41, 5.74) is 1.03. The van der Waals surface area contributed by atoms with Gasteiger partial charge in [-0.2, -0.15) is 0 Å². The lowest BCUT2D eigenvalue weighted by atomic mass is 10.2. The fourth-order valence-corrected chi connectivity index (χ4v) is 1.84. The highest BCUT2D eigenvalue weighted by Gasteiger charge is 2.11. The molecule has 1 amide bonds. The summed E-state index contributed by atoms with van der Waals surface area (Å²) >= 11 is 0. The third-order valence-electron chi connectivity index (χ3n) is 2.99. The molecule has 0 saturated heterocycles. The van der Waals surface area contributed by atoms with Crippen LogP contribution < -0.4 is 10.6 Å². The second-order valence-corrected chi connectivity index (χ2v) is 4.76. The Morgan fingerprint density at radius 2 is 2.00 bits per heavy atom. The second-order valence-electron chi connectivity index (χ2n) is 4.76.